The Morgan fingerprint density at radius 3 is 2.04 bits per heavy atom. The van der Waals surface area contributed by atoms with Gasteiger partial charge in [0.05, 0.1) is 6.61 Å². The third-order valence-corrected chi connectivity index (χ3v) is 3.31. The van der Waals surface area contributed by atoms with E-state index in [4.69, 9.17) is 4.74 Å². The number of amides is 2. The third-order valence-electron chi connectivity index (χ3n) is 3.31. The highest BCUT2D eigenvalue weighted by Crippen LogP contribution is 2.01. The van der Waals surface area contributed by atoms with Crippen molar-refractivity contribution in [2.24, 2.45) is 0 Å². The minimum absolute atomic E-state index is 0.0937. The number of hydrogen-bond acceptors (Lipinski definition) is 4. The van der Waals surface area contributed by atoms with Gasteiger partial charge in [-0.1, -0.05) is 74.5 Å². The second-order valence-corrected chi connectivity index (χ2v) is 5.14. The molecule has 0 spiro atoms. The number of nitrogens with one attached hydrogen (secondary N) is 2. The largest absolute Gasteiger partial charge is 0.445 e. The van der Waals surface area contributed by atoms with Gasteiger partial charge in [-0.05, 0) is 11.1 Å². The van der Waals surface area contributed by atoms with E-state index in [0.29, 0.717) is 6.54 Å². The van der Waals surface area contributed by atoms with Gasteiger partial charge in [-0.25, -0.2) is 4.79 Å². The van der Waals surface area contributed by atoms with Crippen LogP contribution in [0.25, 0.3) is 0 Å². The van der Waals surface area contributed by atoms with Crippen LogP contribution in [-0.2, 0) is 22.7 Å². The van der Waals surface area contributed by atoms with Crippen LogP contribution < -0.4 is 10.6 Å². The summed E-state index contributed by atoms with van der Waals surface area (Å²) in [6.45, 7) is 3.90. The van der Waals surface area contributed by atoms with Crippen molar-refractivity contribution in [2.75, 3.05) is 6.61 Å². The molecule has 2 aromatic carbocycles. The Morgan fingerprint density at radius 1 is 0.962 bits per heavy atom. The van der Waals surface area contributed by atoms with Crippen LogP contribution in [0.4, 0.5) is 4.79 Å². The Kier molecular flexibility index (Phi) is 10.2. The predicted octanol–water partition coefficient (Wildman–Crippen LogP) is 2.62. The maximum atomic E-state index is 12.0. The lowest BCUT2D eigenvalue weighted by molar-refractivity contribution is -0.124. The molecule has 6 heteroatoms. The van der Waals surface area contributed by atoms with Crippen molar-refractivity contribution in [3.63, 3.8) is 0 Å². The van der Waals surface area contributed by atoms with Gasteiger partial charge in [-0.3, -0.25) is 4.79 Å². The molecule has 2 amide bonds. The molecule has 26 heavy (non-hydrogen) atoms. The Bertz CT molecular complexity index is 647. The van der Waals surface area contributed by atoms with Crippen molar-refractivity contribution in [3.8, 4) is 0 Å². The molecular weight excluding hydrogens is 332 g/mol. The molecule has 0 aliphatic rings. The van der Waals surface area contributed by atoms with E-state index in [1.807, 2.05) is 74.5 Å². The number of rotatable bonds is 7. The van der Waals surface area contributed by atoms with Crippen LogP contribution >= 0.6 is 0 Å². The summed E-state index contributed by atoms with van der Waals surface area (Å²) in [5.74, 6) is -0.474. The smallest absolute Gasteiger partial charge is 0.408 e. The molecule has 140 valence electrons. The first kappa shape index (κ1) is 21.2. The monoisotopic (exact) mass is 358 g/mol. The van der Waals surface area contributed by atoms with E-state index in [2.05, 4.69) is 10.6 Å². The van der Waals surface area contributed by atoms with Crippen LogP contribution in [0.2, 0.25) is 0 Å². The topological polar surface area (TPSA) is 87.7 Å². The minimum Gasteiger partial charge on any atom is -0.445 e. The highest BCUT2D eigenvalue weighted by molar-refractivity contribution is 5.85. The van der Waals surface area contributed by atoms with E-state index in [1.54, 1.807) is 0 Å². The van der Waals surface area contributed by atoms with E-state index in [1.165, 1.54) is 0 Å². The second-order valence-electron chi connectivity index (χ2n) is 5.14. The van der Waals surface area contributed by atoms with Crippen molar-refractivity contribution in [1.82, 2.24) is 10.6 Å². The molecule has 0 bridgehead atoms. The highest BCUT2D eigenvalue weighted by Gasteiger charge is 2.20. The fraction of sp³-hybridized carbons (Fsp3) is 0.300. The molecule has 0 aromatic heterocycles. The predicted molar refractivity (Wildman–Crippen MR) is 100 cm³/mol. The Labute approximate surface area is 154 Å². The number of benzene rings is 2. The average Bonchev–Trinajstić information content (AvgIpc) is 2.71. The SMILES string of the molecule is CC.O=C(N[C@H](CO)C(=O)NCc1ccccc1)OCc1ccccc1. The molecule has 0 saturated heterocycles. The molecule has 0 heterocycles. The van der Waals surface area contributed by atoms with Gasteiger partial charge in [0.25, 0.3) is 0 Å². The van der Waals surface area contributed by atoms with Gasteiger partial charge in [0.1, 0.15) is 12.6 Å². The van der Waals surface area contributed by atoms with Crippen molar-refractivity contribution in [2.45, 2.75) is 33.0 Å². The maximum absolute atomic E-state index is 12.0. The highest BCUT2D eigenvalue weighted by atomic mass is 16.5. The number of carbonyl (C=O) groups is 2. The van der Waals surface area contributed by atoms with Crippen LogP contribution in [0.3, 0.4) is 0 Å². The van der Waals surface area contributed by atoms with Crippen LogP contribution in [0.5, 0.6) is 0 Å². The first-order valence-electron chi connectivity index (χ1n) is 8.58. The minimum atomic E-state index is -1.06. The molecule has 0 radical (unpaired) electrons. The third kappa shape index (κ3) is 7.81. The normalized spacial score (nSPS) is 10.7. The Morgan fingerprint density at radius 2 is 1.50 bits per heavy atom. The molecule has 0 aliphatic carbocycles. The zero-order valence-electron chi connectivity index (χ0n) is 15.1. The summed E-state index contributed by atoms with van der Waals surface area (Å²) in [5, 5.41) is 14.3. The first-order chi connectivity index (χ1) is 12.7. The van der Waals surface area contributed by atoms with Crippen LogP contribution in [0.15, 0.2) is 60.7 Å². The molecule has 6 nitrogen and oxygen atoms in total. The summed E-state index contributed by atoms with van der Waals surface area (Å²) in [4.78, 5) is 23.8. The standard InChI is InChI=1S/C18H20N2O4.C2H6/c21-12-16(17(22)19-11-14-7-3-1-4-8-14)20-18(23)24-13-15-9-5-2-6-10-15;1-2/h1-10,16,21H,11-13H2,(H,19,22)(H,20,23);1-2H3/t16-;/m1./s1. The van der Waals surface area contributed by atoms with E-state index in [0.717, 1.165) is 11.1 Å². The average molecular weight is 358 g/mol. The van der Waals surface area contributed by atoms with Gasteiger partial charge in [0.15, 0.2) is 0 Å². The molecule has 1 atom stereocenters. The lowest BCUT2D eigenvalue weighted by atomic mass is 10.2. The van der Waals surface area contributed by atoms with Crippen LogP contribution in [-0.4, -0.2) is 29.8 Å². The van der Waals surface area contributed by atoms with Crippen molar-refractivity contribution < 1.29 is 19.4 Å². The fourth-order valence-corrected chi connectivity index (χ4v) is 2.01. The zero-order valence-corrected chi connectivity index (χ0v) is 15.1. The maximum Gasteiger partial charge on any atom is 0.408 e. The number of ether oxygens (including phenoxy) is 1. The van der Waals surface area contributed by atoms with Crippen molar-refractivity contribution >= 4 is 12.0 Å². The molecule has 0 unspecified atom stereocenters. The van der Waals surface area contributed by atoms with Crippen molar-refractivity contribution in [1.29, 1.82) is 0 Å². The van der Waals surface area contributed by atoms with Gasteiger partial charge >= 0.3 is 6.09 Å². The van der Waals surface area contributed by atoms with Gasteiger partial charge in [-0.15, -0.1) is 0 Å². The molecule has 0 fully saturated rings. The Balaban J connectivity index is 0.00000163. The first-order valence-corrected chi connectivity index (χ1v) is 8.58. The summed E-state index contributed by atoms with van der Waals surface area (Å²) >= 11 is 0. The van der Waals surface area contributed by atoms with E-state index in [-0.39, 0.29) is 6.61 Å². The summed E-state index contributed by atoms with van der Waals surface area (Å²) < 4.78 is 5.03. The number of carbonyl (C=O) groups excluding carboxylic acids is 2. The summed E-state index contributed by atoms with van der Waals surface area (Å²) in [6, 6.07) is 17.5. The van der Waals surface area contributed by atoms with Gasteiger partial charge in [0, 0.05) is 6.54 Å². The Hall–Kier alpha value is -2.86. The van der Waals surface area contributed by atoms with Crippen LogP contribution in [0, 0.1) is 0 Å². The summed E-state index contributed by atoms with van der Waals surface area (Å²) in [5.41, 5.74) is 1.76. The fourth-order valence-electron chi connectivity index (χ4n) is 2.01. The van der Waals surface area contributed by atoms with Gasteiger partial charge in [-0.2, -0.15) is 0 Å². The number of hydrogen-bond donors (Lipinski definition) is 3. The molecule has 2 aromatic rings. The quantitative estimate of drug-likeness (QED) is 0.710. The molecule has 2 rings (SSSR count). The van der Waals surface area contributed by atoms with Gasteiger partial charge < -0.3 is 20.5 Å². The van der Waals surface area contributed by atoms with E-state index < -0.39 is 24.6 Å². The van der Waals surface area contributed by atoms with Crippen LogP contribution in [0.1, 0.15) is 25.0 Å². The van der Waals surface area contributed by atoms with Gasteiger partial charge in [0.2, 0.25) is 5.91 Å². The molecular formula is C20H26N2O4. The lowest BCUT2D eigenvalue weighted by Crippen LogP contribution is -2.48. The lowest BCUT2D eigenvalue weighted by Gasteiger charge is -2.16. The summed E-state index contributed by atoms with van der Waals surface area (Å²) in [6.07, 6.45) is -0.757. The number of aliphatic hydroxyl groups excluding tert-OH is 1. The van der Waals surface area contributed by atoms with E-state index >= 15 is 0 Å². The number of alkyl carbamates (subject to hydrolysis) is 1. The van der Waals surface area contributed by atoms with Crippen molar-refractivity contribution in [3.05, 3.63) is 71.8 Å². The zero-order chi connectivity index (χ0) is 19.2. The number of aliphatic hydroxyl groups is 1. The summed E-state index contributed by atoms with van der Waals surface area (Å²) in [7, 11) is 0. The second kappa shape index (κ2) is 12.5. The molecule has 3 N–H and O–H groups in total. The van der Waals surface area contributed by atoms with E-state index in [9.17, 15) is 14.7 Å². The molecule has 0 saturated carbocycles. The molecule has 0 aliphatic heterocycles.